The third-order valence-corrected chi connectivity index (χ3v) is 2.04. The summed E-state index contributed by atoms with van der Waals surface area (Å²) in [6.07, 6.45) is 0.951. The van der Waals surface area contributed by atoms with Gasteiger partial charge in [-0.05, 0) is 25.0 Å². The van der Waals surface area contributed by atoms with Crippen molar-refractivity contribution in [3.8, 4) is 0 Å². The number of carbonyl (C=O) groups excluding carboxylic acids is 1. The van der Waals surface area contributed by atoms with Gasteiger partial charge in [0.2, 0.25) is 0 Å². The van der Waals surface area contributed by atoms with Crippen molar-refractivity contribution in [3.05, 3.63) is 29.1 Å². The molecule has 0 fully saturated rings. The summed E-state index contributed by atoms with van der Waals surface area (Å²) in [5, 5.41) is 2.54. The zero-order chi connectivity index (χ0) is 9.84. The molecule has 1 aromatic rings. The number of carbonyl (C=O) groups is 1. The Hall–Kier alpha value is -1.38. The van der Waals surface area contributed by atoms with Crippen LogP contribution in [0.2, 0.25) is 0 Å². The molecule has 0 bridgehead atoms. The van der Waals surface area contributed by atoms with E-state index in [0.717, 1.165) is 12.1 Å². The van der Waals surface area contributed by atoms with E-state index in [0.29, 0.717) is 5.69 Å². The van der Waals surface area contributed by atoms with E-state index in [4.69, 9.17) is 0 Å². The number of nitrogens with one attached hydrogen (secondary N) is 1. The third kappa shape index (κ3) is 2.05. The molecule has 0 saturated carbocycles. The van der Waals surface area contributed by atoms with Gasteiger partial charge in [0.05, 0.1) is 0 Å². The molecule has 0 aliphatic heterocycles. The SMILES string of the molecule is CCc1ccc(C(=O)NC)nc1C. The first-order valence-corrected chi connectivity index (χ1v) is 4.37. The second-order valence-electron chi connectivity index (χ2n) is 2.87. The van der Waals surface area contributed by atoms with E-state index < -0.39 is 0 Å². The Labute approximate surface area is 78.2 Å². The van der Waals surface area contributed by atoms with Crippen molar-refractivity contribution in [2.24, 2.45) is 0 Å². The molecule has 1 heterocycles. The number of amides is 1. The highest BCUT2D eigenvalue weighted by atomic mass is 16.1. The van der Waals surface area contributed by atoms with Crippen molar-refractivity contribution >= 4 is 5.91 Å². The van der Waals surface area contributed by atoms with Crippen LogP contribution in [-0.4, -0.2) is 17.9 Å². The highest BCUT2D eigenvalue weighted by molar-refractivity contribution is 5.92. The van der Waals surface area contributed by atoms with E-state index in [1.54, 1.807) is 13.1 Å². The number of aromatic nitrogens is 1. The molecule has 3 nitrogen and oxygen atoms in total. The van der Waals surface area contributed by atoms with Gasteiger partial charge in [0, 0.05) is 12.7 Å². The van der Waals surface area contributed by atoms with Crippen LogP contribution in [0.1, 0.15) is 28.7 Å². The fourth-order valence-corrected chi connectivity index (χ4v) is 1.22. The molecule has 1 rings (SSSR count). The van der Waals surface area contributed by atoms with Crippen molar-refractivity contribution < 1.29 is 4.79 Å². The van der Waals surface area contributed by atoms with Crippen LogP contribution < -0.4 is 5.32 Å². The Morgan fingerprint density at radius 1 is 1.54 bits per heavy atom. The predicted octanol–water partition coefficient (Wildman–Crippen LogP) is 1.31. The Kier molecular flexibility index (Phi) is 3.01. The number of aryl methyl sites for hydroxylation is 2. The monoisotopic (exact) mass is 178 g/mol. The number of rotatable bonds is 2. The first-order valence-electron chi connectivity index (χ1n) is 4.37. The first kappa shape index (κ1) is 9.71. The van der Waals surface area contributed by atoms with Gasteiger partial charge in [0.1, 0.15) is 5.69 Å². The van der Waals surface area contributed by atoms with Crippen LogP contribution in [0.15, 0.2) is 12.1 Å². The molecule has 0 unspecified atom stereocenters. The Bertz CT molecular complexity index is 321. The van der Waals surface area contributed by atoms with Crippen molar-refractivity contribution in [1.82, 2.24) is 10.3 Å². The van der Waals surface area contributed by atoms with Gasteiger partial charge in [0.15, 0.2) is 0 Å². The quantitative estimate of drug-likeness (QED) is 0.742. The zero-order valence-corrected chi connectivity index (χ0v) is 8.22. The van der Waals surface area contributed by atoms with Crippen LogP contribution in [0.5, 0.6) is 0 Å². The normalized spacial score (nSPS) is 9.77. The van der Waals surface area contributed by atoms with Crippen molar-refractivity contribution in [2.75, 3.05) is 7.05 Å². The van der Waals surface area contributed by atoms with E-state index in [1.165, 1.54) is 5.56 Å². The second kappa shape index (κ2) is 4.03. The average molecular weight is 178 g/mol. The van der Waals surface area contributed by atoms with Crippen LogP contribution in [0, 0.1) is 6.92 Å². The number of hydrogen-bond donors (Lipinski definition) is 1. The molecule has 1 aromatic heterocycles. The molecule has 1 N–H and O–H groups in total. The molecular weight excluding hydrogens is 164 g/mol. The van der Waals surface area contributed by atoms with Gasteiger partial charge in [-0.2, -0.15) is 0 Å². The van der Waals surface area contributed by atoms with E-state index >= 15 is 0 Å². The number of nitrogens with zero attached hydrogens (tertiary/aromatic N) is 1. The standard InChI is InChI=1S/C10H14N2O/c1-4-8-5-6-9(10(13)11-3)12-7(8)2/h5-6H,4H2,1-3H3,(H,11,13). The van der Waals surface area contributed by atoms with Crippen molar-refractivity contribution in [3.63, 3.8) is 0 Å². The highest BCUT2D eigenvalue weighted by Crippen LogP contribution is 2.07. The smallest absolute Gasteiger partial charge is 0.269 e. The van der Waals surface area contributed by atoms with E-state index in [9.17, 15) is 4.79 Å². The summed E-state index contributed by atoms with van der Waals surface area (Å²) in [5.74, 6) is -0.134. The lowest BCUT2D eigenvalue weighted by molar-refractivity contribution is 0.0958. The largest absolute Gasteiger partial charge is 0.354 e. The molecule has 3 heteroatoms. The summed E-state index contributed by atoms with van der Waals surface area (Å²) in [6, 6.07) is 3.71. The molecule has 0 aliphatic carbocycles. The lowest BCUT2D eigenvalue weighted by Crippen LogP contribution is -2.19. The molecule has 0 atom stereocenters. The fourth-order valence-electron chi connectivity index (χ4n) is 1.22. The van der Waals surface area contributed by atoms with Crippen molar-refractivity contribution in [2.45, 2.75) is 20.3 Å². The Morgan fingerprint density at radius 3 is 2.69 bits per heavy atom. The first-order chi connectivity index (χ1) is 6.19. The summed E-state index contributed by atoms with van der Waals surface area (Å²) in [6.45, 7) is 3.99. The molecule has 70 valence electrons. The van der Waals surface area contributed by atoms with Gasteiger partial charge >= 0.3 is 0 Å². The maximum Gasteiger partial charge on any atom is 0.269 e. The summed E-state index contributed by atoms with van der Waals surface area (Å²) < 4.78 is 0. The zero-order valence-electron chi connectivity index (χ0n) is 8.22. The summed E-state index contributed by atoms with van der Waals surface area (Å²) in [7, 11) is 1.60. The molecule has 1 amide bonds. The molecule has 13 heavy (non-hydrogen) atoms. The molecule has 0 aromatic carbocycles. The van der Waals surface area contributed by atoms with Crippen molar-refractivity contribution in [1.29, 1.82) is 0 Å². The van der Waals surface area contributed by atoms with Crippen LogP contribution in [0.25, 0.3) is 0 Å². The fraction of sp³-hybridized carbons (Fsp3) is 0.400. The topological polar surface area (TPSA) is 42.0 Å². The van der Waals surface area contributed by atoms with Gasteiger partial charge < -0.3 is 5.32 Å². The molecule has 0 radical (unpaired) electrons. The third-order valence-electron chi connectivity index (χ3n) is 2.04. The van der Waals surface area contributed by atoms with Gasteiger partial charge in [0.25, 0.3) is 5.91 Å². The van der Waals surface area contributed by atoms with Crippen LogP contribution >= 0.6 is 0 Å². The van der Waals surface area contributed by atoms with Crippen LogP contribution in [0.3, 0.4) is 0 Å². The van der Waals surface area contributed by atoms with Crippen LogP contribution in [-0.2, 0) is 6.42 Å². The lowest BCUT2D eigenvalue weighted by Gasteiger charge is -2.04. The maximum atomic E-state index is 11.2. The summed E-state index contributed by atoms with van der Waals surface area (Å²) >= 11 is 0. The second-order valence-corrected chi connectivity index (χ2v) is 2.87. The average Bonchev–Trinajstić information content (AvgIpc) is 2.16. The van der Waals surface area contributed by atoms with Gasteiger partial charge in [-0.1, -0.05) is 13.0 Å². The summed E-state index contributed by atoms with van der Waals surface area (Å²) in [5.41, 5.74) is 2.61. The van der Waals surface area contributed by atoms with E-state index in [-0.39, 0.29) is 5.91 Å². The molecule has 0 saturated heterocycles. The van der Waals surface area contributed by atoms with E-state index in [1.807, 2.05) is 13.0 Å². The molecular formula is C10H14N2O. The minimum atomic E-state index is -0.134. The minimum Gasteiger partial charge on any atom is -0.354 e. The predicted molar refractivity (Wildman–Crippen MR) is 51.7 cm³/mol. The highest BCUT2D eigenvalue weighted by Gasteiger charge is 2.05. The Morgan fingerprint density at radius 2 is 2.23 bits per heavy atom. The number of hydrogen-bond acceptors (Lipinski definition) is 2. The van der Waals surface area contributed by atoms with Gasteiger partial charge in [-0.3, -0.25) is 4.79 Å². The molecule has 0 spiro atoms. The van der Waals surface area contributed by atoms with Gasteiger partial charge in [-0.25, -0.2) is 4.98 Å². The van der Waals surface area contributed by atoms with Gasteiger partial charge in [-0.15, -0.1) is 0 Å². The minimum absolute atomic E-state index is 0.134. The van der Waals surface area contributed by atoms with Crippen LogP contribution in [0.4, 0.5) is 0 Å². The lowest BCUT2D eigenvalue weighted by atomic mass is 10.1. The Balaban J connectivity index is 3.02. The summed E-state index contributed by atoms with van der Waals surface area (Å²) in [4.78, 5) is 15.4. The number of pyridine rings is 1. The van der Waals surface area contributed by atoms with E-state index in [2.05, 4.69) is 17.2 Å². The maximum absolute atomic E-state index is 11.2. The molecule has 0 aliphatic rings.